The number of piperidine rings is 2. The first kappa shape index (κ1) is 20.7. The number of β-amino-alcohol motifs (C(OH)–C–C–N with tert-alkyl or cyclic N) is 1. The highest BCUT2D eigenvalue weighted by molar-refractivity contribution is 5.94. The van der Waals surface area contributed by atoms with Crippen molar-refractivity contribution in [1.82, 2.24) is 19.7 Å². The van der Waals surface area contributed by atoms with Crippen LogP contribution in [0.25, 0.3) is 0 Å². The van der Waals surface area contributed by atoms with Gasteiger partial charge in [0.2, 0.25) is 5.91 Å². The second-order valence-electron chi connectivity index (χ2n) is 8.13. The van der Waals surface area contributed by atoms with E-state index in [0.29, 0.717) is 44.7 Å². The van der Waals surface area contributed by atoms with Crippen LogP contribution >= 0.6 is 0 Å². The van der Waals surface area contributed by atoms with Crippen molar-refractivity contribution in [2.45, 2.75) is 39.2 Å². The molecule has 0 saturated carbocycles. The molecule has 1 aromatic heterocycles. The Morgan fingerprint density at radius 2 is 1.96 bits per heavy atom. The fraction of sp³-hybridized carbons (Fsp3) is 0.667. The molecule has 0 aliphatic carbocycles. The summed E-state index contributed by atoms with van der Waals surface area (Å²) in [5, 5.41) is 10.5. The van der Waals surface area contributed by atoms with Crippen molar-refractivity contribution >= 4 is 11.8 Å². The van der Waals surface area contributed by atoms with E-state index in [9.17, 15) is 14.7 Å². The molecule has 0 radical (unpaired) electrons. The maximum absolute atomic E-state index is 12.8. The van der Waals surface area contributed by atoms with E-state index < -0.39 is 6.10 Å². The zero-order valence-electron chi connectivity index (χ0n) is 17.0. The van der Waals surface area contributed by atoms with Crippen LogP contribution in [-0.4, -0.2) is 88.5 Å². The molecule has 3 heterocycles. The van der Waals surface area contributed by atoms with Crippen molar-refractivity contribution in [3.8, 4) is 0 Å². The number of nitrogens with zero attached hydrogens (tertiary/aromatic N) is 4. The molecule has 0 bridgehead atoms. The zero-order valence-corrected chi connectivity index (χ0v) is 17.0. The second kappa shape index (κ2) is 9.01. The van der Waals surface area contributed by atoms with Gasteiger partial charge in [-0.05, 0) is 49.9 Å². The number of carbonyl (C=O) groups is 2. The van der Waals surface area contributed by atoms with Crippen LogP contribution in [0.2, 0.25) is 0 Å². The summed E-state index contributed by atoms with van der Waals surface area (Å²) in [4.78, 5) is 35.3. The molecule has 0 aromatic carbocycles. The van der Waals surface area contributed by atoms with Crippen molar-refractivity contribution < 1.29 is 14.7 Å². The maximum atomic E-state index is 12.8. The fourth-order valence-corrected chi connectivity index (χ4v) is 4.51. The number of rotatable bonds is 5. The van der Waals surface area contributed by atoms with E-state index in [1.807, 2.05) is 4.90 Å². The Morgan fingerprint density at radius 3 is 2.57 bits per heavy atom. The van der Waals surface area contributed by atoms with Crippen LogP contribution in [0.4, 0.5) is 0 Å². The lowest BCUT2D eigenvalue weighted by Gasteiger charge is -2.49. The molecule has 2 amide bonds. The van der Waals surface area contributed by atoms with E-state index in [1.165, 1.54) is 0 Å². The molecule has 1 unspecified atom stereocenters. The van der Waals surface area contributed by atoms with Crippen molar-refractivity contribution in [2.24, 2.45) is 5.41 Å². The first-order chi connectivity index (χ1) is 13.5. The molecule has 2 fully saturated rings. The van der Waals surface area contributed by atoms with Crippen LogP contribution in [0.5, 0.6) is 0 Å². The highest BCUT2D eigenvalue weighted by Gasteiger charge is 2.43. The van der Waals surface area contributed by atoms with Gasteiger partial charge in [-0.1, -0.05) is 13.8 Å². The average molecular weight is 389 g/mol. The molecular formula is C21H32N4O3. The molecule has 154 valence electrons. The summed E-state index contributed by atoms with van der Waals surface area (Å²) in [6, 6.07) is 3.51. The Bertz CT molecular complexity index is 669. The van der Waals surface area contributed by atoms with Crippen LogP contribution in [0.1, 0.15) is 43.5 Å². The molecule has 7 nitrogen and oxygen atoms in total. The lowest BCUT2D eigenvalue weighted by Crippen LogP contribution is -2.56. The number of hydrogen-bond donors (Lipinski definition) is 1. The molecule has 1 atom stereocenters. The predicted molar refractivity (Wildman–Crippen MR) is 107 cm³/mol. The largest absolute Gasteiger partial charge is 0.391 e. The van der Waals surface area contributed by atoms with Gasteiger partial charge in [0, 0.05) is 38.6 Å². The number of aliphatic hydroxyl groups excluding tert-OH is 1. The van der Waals surface area contributed by atoms with E-state index in [-0.39, 0.29) is 17.2 Å². The Hall–Kier alpha value is -1.99. The van der Waals surface area contributed by atoms with E-state index >= 15 is 0 Å². The zero-order chi connectivity index (χ0) is 20.1. The third-order valence-electron chi connectivity index (χ3n) is 6.25. The minimum Gasteiger partial charge on any atom is -0.391 e. The van der Waals surface area contributed by atoms with Crippen LogP contribution in [-0.2, 0) is 4.79 Å². The number of pyridine rings is 1. The summed E-state index contributed by atoms with van der Waals surface area (Å²) in [7, 11) is 0. The van der Waals surface area contributed by atoms with Gasteiger partial charge in [0.15, 0.2) is 0 Å². The van der Waals surface area contributed by atoms with Gasteiger partial charge in [-0.3, -0.25) is 19.5 Å². The molecular weight excluding hydrogens is 356 g/mol. The normalized spacial score (nSPS) is 21.9. The summed E-state index contributed by atoms with van der Waals surface area (Å²) in [5.41, 5.74) is 0.445. The first-order valence-corrected chi connectivity index (χ1v) is 10.3. The monoisotopic (exact) mass is 388 g/mol. The minimum absolute atomic E-state index is 0.0775. The van der Waals surface area contributed by atoms with Gasteiger partial charge < -0.3 is 14.9 Å². The molecule has 7 heteroatoms. The Morgan fingerprint density at radius 1 is 1.25 bits per heavy atom. The van der Waals surface area contributed by atoms with Gasteiger partial charge in [0.25, 0.3) is 5.91 Å². The van der Waals surface area contributed by atoms with Crippen molar-refractivity contribution in [3.63, 3.8) is 0 Å². The molecule has 1 spiro atoms. The summed E-state index contributed by atoms with van der Waals surface area (Å²) in [6.45, 7) is 8.74. The van der Waals surface area contributed by atoms with E-state index in [1.54, 1.807) is 29.4 Å². The summed E-state index contributed by atoms with van der Waals surface area (Å²) in [5.74, 6) is 0.101. The van der Waals surface area contributed by atoms with Crippen molar-refractivity contribution in [3.05, 3.63) is 30.1 Å². The molecule has 1 aromatic rings. The molecule has 2 aliphatic heterocycles. The Kier molecular flexibility index (Phi) is 6.67. The highest BCUT2D eigenvalue weighted by atomic mass is 16.3. The molecule has 28 heavy (non-hydrogen) atoms. The number of likely N-dealkylation sites (N-methyl/N-ethyl adjacent to an activating group) is 1. The quantitative estimate of drug-likeness (QED) is 0.821. The average Bonchev–Trinajstić information content (AvgIpc) is 2.72. The first-order valence-electron chi connectivity index (χ1n) is 10.3. The van der Waals surface area contributed by atoms with Gasteiger partial charge in [-0.15, -0.1) is 0 Å². The standard InChI is InChI=1S/C21H32N4O3/c1-3-23(4-2)15-19(27)24-10-7-21(8-11-24)12-18(26)14-25(16-21)20(28)17-6-5-9-22-13-17/h5-6,9,13,18,26H,3-4,7-8,10-12,14-16H2,1-2H3. The lowest BCUT2D eigenvalue weighted by atomic mass is 9.71. The number of aromatic nitrogens is 1. The highest BCUT2D eigenvalue weighted by Crippen LogP contribution is 2.40. The Balaban J connectivity index is 1.62. The van der Waals surface area contributed by atoms with Crippen LogP contribution in [0.15, 0.2) is 24.5 Å². The lowest BCUT2D eigenvalue weighted by molar-refractivity contribution is -0.136. The SMILES string of the molecule is CCN(CC)CC(=O)N1CCC2(CC1)CC(O)CN(C(=O)c1cccnc1)C2. The van der Waals surface area contributed by atoms with Gasteiger partial charge >= 0.3 is 0 Å². The van der Waals surface area contributed by atoms with Gasteiger partial charge in [0.05, 0.1) is 18.2 Å². The number of likely N-dealkylation sites (tertiary alicyclic amines) is 2. The molecule has 2 aliphatic rings. The summed E-state index contributed by atoms with van der Waals surface area (Å²) < 4.78 is 0. The third-order valence-corrected chi connectivity index (χ3v) is 6.25. The maximum Gasteiger partial charge on any atom is 0.255 e. The number of amides is 2. The molecule has 2 saturated heterocycles. The van der Waals surface area contributed by atoms with Crippen LogP contribution < -0.4 is 0 Å². The van der Waals surface area contributed by atoms with E-state index in [4.69, 9.17) is 0 Å². The van der Waals surface area contributed by atoms with Gasteiger partial charge in [-0.25, -0.2) is 0 Å². The second-order valence-corrected chi connectivity index (χ2v) is 8.13. The third kappa shape index (κ3) is 4.70. The molecule has 1 N–H and O–H groups in total. The Labute approximate surface area is 167 Å². The predicted octanol–water partition coefficient (Wildman–Crippen LogP) is 1.24. The number of carbonyl (C=O) groups excluding carboxylic acids is 2. The van der Waals surface area contributed by atoms with Crippen LogP contribution in [0.3, 0.4) is 0 Å². The van der Waals surface area contributed by atoms with Gasteiger partial charge in [0.1, 0.15) is 0 Å². The van der Waals surface area contributed by atoms with Crippen molar-refractivity contribution in [2.75, 3.05) is 45.8 Å². The topological polar surface area (TPSA) is 77.0 Å². The van der Waals surface area contributed by atoms with E-state index in [2.05, 4.69) is 23.7 Å². The molecule has 3 rings (SSSR count). The summed E-state index contributed by atoms with van der Waals surface area (Å²) in [6.07, 6.45) is 5.04. The number of hydrogen-bond acceptors (Lipinski definition) is 5. The minimum atomic E-state index is -0.521. The fourth-order valence-electron chi connectivity index (χ4n) is 4.51. The van der Waals surface area contributed by atoms with Crippen molar-refractivity contribution in [1.29, 1.82) is 0 Å². The van der Waals surface area contributed by atoms with Crippen LogP contribution in [0, 0.1) is 5.41 Å². The smallest absolute Gasteiger partial charge is 0.255 e. The number of aliphatic hydroxyl groups is 1. The van der Waals surface area contributed by atoms with Gasteiger partial charge in [-0.2, -0.15) is 0 Å². The van der Waals surface area contributed by atoms with E-state index in [0.717, 1.165) is 25.9 Å². The summed E-state index contributed by atoms with van der Waals surface area (Å²) >= 11 is 0.